The number of rotatable bonds is 4. The highest BCUT2D eigenvalue weighted by atomic mass is 16.5. The number of aromatic nitrogens is 3. The van der Waals surface area contributed by atoms with Crippen molar-refractivity contribution in [3.63, 3.8) is 0 Å². The lowest BCUT2D eigenvalue weighted by molar-refractivity contribution is 0.102. The van der Waals surface area contributed by atoms with Gasteiger partial charge in [-0.3, -0.25) is 4.79 Å². The topological polar surface area (TPSA) is 77.8 Å². The van der Waals surface area contributed by atoms with Crippen molar-refractivity contribution in [3.8, 4) is 11.5 Å². The van der Waals surface area contributed by atoms with E-state index in [1.54, 1.807) is 54.4 Å². The third kappa shape index (κ3) is 2.56. The molecule has 22 heavy (non-hydrogen) atoms. The van der Waals surface area contributed by atoms with E-state index in [9.17, 15) is 4.79 Å². The smallest absolute Gasteiger partial charge is 0.276 e. The molecule has 112 valence electrons. The maximum absolute atomic E-state index is 12.3. The Bertz CT molecular complexity index is 796. The van der Waals surface area contributed by atoms with Crippen LogP contribution in [-0.2, 0) is 0 Å². The molecule has 0 radical (unpaired) electrons. The molecule has 0 unspecified atom stereocenters. The molecule has 1 N–H and O–H groups in total. The van der Waals surface area contributed by atoms with Crippen molar-refractivity contribution < 1.29 is 14.3 Å². The lowest BCUT2D eigenvalue weighted by Gasteiger charge is -2.09. The number of fused-ring (bicyclic) bond motifs is 1. The standard InChI is InChI=1S/C15H14N4O3/c1-21-12-5-4-10(8-13(12)22-2)17-15(20)11-9-14-16-6-3-7-19(14)18-11/h3-9H,1-2H3,(H,17,20). The fraction of sp³-hybridized carbons (Fsp3) is 0.133. The lowest BCUT2D eigenvalue weighted by Crippen LogP contribution is -2.12. The van der Waals surface area contributed by atoms with E-state index in [1.165, 1.54) is 7.11 Å². The summed E-state index contributed by atoms with van der Waals surface area (Å²) in [6.45, 7) is 0. The fourth-order valence-electron chi connectivity index (χ4n) is 2.05. The van der Waals surface area contributed by atoms with E-state index < -0.39 is 0 Å². The number of carbonyl (C=O) groups excluding carboxylic acids is 1. The van der Waals surface area contributed by atoms with Gasteiger partial charge >= 0.3 is 0 Å². The molecule has 0 fully saturated rings. The Labute approximate surface area is 126 Å². The number of methoxy groups -OCH3 is 2. The van der Waals surface area contributed by atoms with Crippen LogP contribution in [0.2, 0.25) is 0 Å². The van der Waals surface area contributed by atoms with Crippen LogP contribution in [-0.4, -0.2) is 34.7 Å². The average molecular weight is 298 g/mol. The van der Waals surface area contributed by atoms with Crippen LogP contribution in [0.25, 0.3) is 5.65 Å². The Morgan fingerprint density at radius 2 is 2.00 bits per heavy atom. The van der Waals surface area contributed by atoms with E-state index in [4.69, 9.17) is 9.47 Å². The third-order valence-electron chi connectivity index (χ3n) is 3.11. The zero-order chi connectivity index (χ0) is 15.5. The van der Waals surface area contributed by atoms with Crippen LogP contribution in [0.3, 0.4) is 0 Å². The molecule has 2 aromatic heterocycles. The molecule has 0 saturated heterocycles. The Morgan fingerprint density at radius 3 is 2.73 bits per heavy atom. The van der Waals surface area contributed by atoms with Gasteiger partial charge in [-0.05, 0) is 18.2 Å². The summed E-state index contributed by atoms with van der Waals surface area (Å²) in [5.74, 6) is 0.812. The third-order valence-corrected chi connectivity index (χ3v) is 3.11. The number of hydrogen-bond donors (Lipinski definition) is 1. The molecule has 3 aromatic rings. The maximum Gasteiger partial charge on any atom is 0.276 e. The van der Waals surface area contributed by atoms with Crippen LogP contribution < -0.4 is 14.8 Å². The first kappa shape index (κ1) is 13.9. The molecule has 7 nitrogen and oxygen atoms in total. The van der Waals surface area contributed by atoms with Crippen molar-refractivity contribution in [2.45, 2.75) is 0 Å². The molecule has 0 aliphatic rings. The van der Waals surface area contributed by atoms with Crippen molar-refractivity contribution in [2.75, 3.05) is 19.5 Å². The molecule has 0 aliphatic carbocycles. The monoisotopic (exact) mass is 298 g/mol. The first-order valence-electron chi connectivity index (χ1n) is 6.55. The van der Waals surface area contributed by atoms with Crippen LogP contribution in [0.5, 0.6) is 11.5 Å². The van der Waals surface area contributed by atoms with Gasteiger partial charge in [-0.15, -0.1) is 0 Å². The van der Waals surface area contributed by atoms with E-state index in [1.807, 2.05) is 0 Å². The van der Waals surface area contributed by atoms with Crippen LogP contribution in [0.15, 0.2) is 42.7 Å². The molecule has 0 atom stereocenters. The Morgan fingerprint density at radius 1 is 1.18 bits per heavy atom. The molecule has 1 amide bonds. The summed E-state index contributed by atoms with van der Waals surface area (Å²) in [6, 6.07) is 8.50. The highest BCUT2D eigenvalue weighted by molar-refractivity contribution is 6.03. The SMILES string of the molecule is COc1ccc(NC(=O)c2cc3ncccn3n2)cc1OC. The van der Waals surface area contributed by atoms with Gasteiger partial charge in [0.1, 0.15) is 0 Å². The van der Waals surface area contributed by atoms with Crippen molar-refractivity contribution in [2.24, 2.45) is 0 Å². The first-order valence-corrected chi connectivity index (χ1v) is 6.55. The molecule has 7 heteroatoms. The molecule has 1 aromatic carbocycles. The molecular weight excluding hydrogens is 284 g/mol. The lowest BCUT2D eigenvalue weighted by atomic mass is 10.2. The molecule has 0 bridgehead atoms. The highest BCUT2D eigenvalue weighted by Crippen LogP contribution is 2.29. The van der Waals surface area contributed by atoms with Gasteiger partial charge in [0.25, 0.3) is 5.91 Å². The van der Waals surface area contributed by atoms with Gasteiger partial charge in [-0.25, -0.2) is 9.50 Å². The summed E-state index contributed by atoms with van der Waals surface area (Å²) >= 11 is 0. The molecule has 0 aliphatic heterocycles. The van der Waals surface area contributed by atoms with E-state index in [0.717, 1.165) is 0 Å². The summed E-state index contributed by atoms with van der Waals surface area (Å²) in [5.41, 5.74) is 1.49. The second kappa shape index (κ2) is 5.72. The number of nitrogens with zero attached hydrogens (tertiary/aromatic N) is 3. The molecular formula is C15H14N4O3. The minimum absolute atomic E-state index is 0.286. The Balaban J connectivity index is 1.84. The summed E-state index contributed by atoms with van der Waals surface area (Å²) in [7, 11) is 3.09. The normalized spacial score (nSPS) is 10.5. The zero-order valence-corrected chi connectivity index (χ0v) is 12.1. The predicted octanol–water partition coefficient (Wildman–Crippen LogP) is 2.00. The average Bonchev–Trinajstić information content (AvgIpc) is 2.99. The van der Waals surface area contributed by atoms with E-state index >= 15 is 0 Å². The van der Waals surface area contributed by atoms with Gasteiger partial charge in [-0.1, -0.05) is 0 Å². The second-order valence-electron chi connectivity index (χ2n) is 4.48. The highest BCUT2D eigenvalue weighted by Gasteiger charge is 2.13. The van der Waals surface area contributed by atoms with Crippen LogP contribution in [0, 0.1) is 0 Å². The van der Waals surface area contributed by atoms with Gasteiger partial charge in [0.2, 0.25) is 0 Å². The van der Waals surface area contributed by atoms with E-state index in [0.29, 0.717) is 22.8 Å². The second-order valence-corrected chi connectivity index (χ2v) is 4.48. The summed E-state index contributed by atoms with van der Waals surface area (Å²) in [4.78, 5) is 16.4. The van der Waals surface area contributed by atoms with Crippen LogP contribution in [0.1, 0.15) is 10.5 Å². The predicted molar refractivity (Wildman–Crippen MR) is 80.5 cm³/mol. The first-order chi connectivity index (χ1) is 10.7. The number of ether oxygens (including phenoxy) is 2. The van der Waals surface area contributed by atoms with Gasteiger partial charge in [0.05, 0.1) is 14.2 Å². The zero-order valence-electron chi connectivity index (χ0n) is 12.1. The van der Waals surface area contributed by atoms with Gasteiger partial charge in [-0.2, -0.15) is 5.10 Å². The number of nitrogens with one attached hydrogen (secondary N) is 1. The largest absolute Gasteiger partial charge is 0.493 e. The summed E-state index contributed by atoms with van der Waals surface area (Å²) in [6.07, 6.45) is 3.38. The maximum atomic E-state index is 12.3. The molecule has 0 spiro atoms. The van der Waals surface area contributed by atoms with E-state index in [2.05, 4.69) is 15.4 Å². The van der Waals surface area contributed by atoms with Crippen molar-refractivity contribution in [1.82, 2.24) is 14.6 Å². The Hall–Kier alpha value is -3.09. The minimum Gasteiger partial charge on any atom is -0.493 e. The van der Waals surface area contributed by atoms with Gasteiger partial charge in [0, 0.05) is 30.2 Å². The number of benzene rings is 1. The van der Waals surface area contributed by atoms with Gasteiger partial charge < -0.3 is 14.8 Å². The van der Waals surface area contributed by atoms with Crippen molar-refractivity contribution in [3.05, 3.63) is 48.4 Å². The van der Waals surface area contributed by atoms with Gasteiger partial charge in [0.15, 0.2) is 22.8 Å². The van der Waals surface area contributed by atoms with Crippen LogP contribution in [0.4, 0.5) is 5.69 Å². The molecule has 0 saturated carbocycles. The number of anilines is 1. The number of amides is 1. The van der Waals surface area contributed by atoms with Crippen LogP contribution >= 0.6 is 0 Å². The summed E-state index contributed by atoms with van der Waals surface area (Å²) in [5, 5.41) is 6.94. The number of hydrogen-bond acceptors (Lipinski definition) is 5. The van der Waals surface area contributed by atoms with E-state index in [-0.39, 0.29) is 11.6 Å². The Kier molecular flexibility index (Phi) is 3.61. The number of carbonyl (C=O) groups is 1. The molecule has 3 rings (SSSR count). The fourth-order valence-corrected chi connectivity index (χ4v) is 2.05. The summed E-state index contributed by atoms with van der Waals surface area (Å²) < 4.78 is 11.9. The van der Waals surface area contributed by atoms with Crippen molar-refractivity contribution in [1.29, 1.82) is 0 Å². The minimum atomic E-state index is -0.322. The van der Waals surface area contributed by atoms with Crippen molar-refractivity contribution >= 4 is 17.2 Å². The molecule has 2 heterocycles. The quantitative estimate of drug-likeness (QED) is 0.797.